The van der Waals surface area contributed by atoms with Crippen molar-refractivity contribution in [3.63, 3.8) is 0 Å². The van der Waals surface area contributed by atoms with Crippen LogP contribution in [0.3, 0.4) is 0 Å². The van der Waals surface area contributed by atoms with Crippen molar-refractivity contribution in [2.24, 2.45) is 5.73 Å². The summed E-state index contributed by atoms with van der Waals surface area (Å²) >= 11 is 0. The molecule has 0 aliphatic heterocycles. The van der Waals surface area contributed by atoms with E-state index < -0.39 is 0 Å². The Labute approximate surface area is 114 Å². The highest BCUT2D eigenvalue weighted by Gasteiger charge is 2.15. The van der Waals surface area contributed by atoms with Crippen molar-refractivity contribution in [2.45, 2.75) is 33.1 Å². The molecule has 3 N–H and O–H groups in total. The summed E-state index contributed by atoms with van der Waals surface area (Å²) in [6.07, 6.45) is 4.41. The molecule has 106 valence electrons. The molecule has 6 nitrogen and oxygen atoms in total. The zero-order chi connectivity index (χ0) is 14.3. The van der Waals surface area contributed by atoms with Gasteiger partial charge < -0.3 is 16.0 Å². The van der Waals surface area contributed by atoms with Crippen LogP contribution in [0.2, 0.25) is 0 Å². The molecule has 0 bridgehead atoms. The van der Waals surface area contributed by atoms with Crippen molar-refractivity contribution in [1.82, 2.24) is 9.97 Å². The summed E-state index contributed by atoms with van der Waals surface area (Å²) in [7, 11) is 1.82. The summed E-state index contributed by atoms with van der Waals surface area (Å²) in [5.74, 6) is 1.26. The second-order valence-electron chi connectivity index (χ2n) is 4.52. The first-order valence-corrected chi connectivity index (χ1v) is 6.67. The molecule has 0 radical (unpaired) electrons. The highest BCUT2D eigenvalue weighted by molar-refractivity contribution is 5.79. The molecule has 1 aromatic heterocycles. The summed E-state index contributed by atoms with van der Waals surface area (Å²) in [5, 5.41) is 3.30. The summed E-state index contributed by atoms with van der Waals surface area (Å²) < 4.78 is 0. The number of rotatable bonds is 8. The predicted octanol–water partition coefficient (Wildman–Crippen LogP) is 1.17. The van der Waals surface area contributed by atoms with Gasteiger partial charge in [0.15, 0.2) is 0 Å². The van der Waals surface area contributed by atoms with Gasteiger partial charge in [-0.2, -0.15) is 0 Å². The number of carbonyl (C=O) groups excluding carboxylic acids is 1. The van der Waals surface area contributed by atoms with E-state index in [-0.39, 0.29) is 12.5 Å². The average Bonchev–Trinajstić information content (AvgIpc) is 2.36. The van der Waals surface area contributed by atoms with Gasteiger partial charge in [0.05, 0.1) is 6.54 Å². The van der Waals surface area contributed by atoms with E-state index in [4.69, 9.17) is 5.73 Å². The van der Waals surface area contributed by atoms with Gasteiger partial charge in [0.1, 0.15) is 18.0 Å². The zero-order valence-electron chi connectivity index (χ0n) is 11.9. The van der Waals surface area contributed by atoms with Crippen molar-refractivity contribution in [3.8, 4) is 0 Å². The van der Waals surface area contributed by atoms with E-state index in [1.54, 1.807) is 4.90 Å². The second kappa shape index (κ2) is 7.56. The Morgan fingerprint density at radius 3 is 2.68 bits per heavy atom. The van der Waals surface area contributed by atoms with Gasteiger partial charge in [-0.25, -0.2) is 9.97 Å². The Hall–Kier alpha value is -1.85. The van der Waals surface area contributed by atoms with Gasteiger partial charge in [-0.3, -0.25) is 4.79 Å². The fourth-order valence-corrected chi connectivity index (χ4v) is 1.92. The normalized spacial score (nSPS) is 10.3. The maximum atomic E-state index is 11.0. The molecule has 0 saturated carbocycles. The van der Waals surface area contributed by atoms with Crippen LogP contribution < -0.4 is 16.0 Å². The van der Waals surface area contributed by atoms with Crippen LogP contribution in [0.5, 0.6) is 0 Å². The summed E-state index contributed by atoms with van der Waals surface area (Å²) in [6.45, 7) is 5.23. The molecule has 0 spiro atoms. The van der Waals surface area contributed by atoms with Crippen molar-refractivity contribution < 1.29 is 4.79 Å². The zero-order valence-corrected chi connectivity index (χ0v) is 11.9. The Bertz CT molecular complexity index is 421. The number of carbonyl (C=O) groups is 1. The van der Waals surface area contributed by atoms with Gasteiger partial charge in [-0.1, -0.05) is 20.3 Å². The van der Waals surface area contributed by atoms with E-state index in [9.17, 15) is 4.79 Å². The third kappa shape index (κ3) is 4.39. The lowest BCUT2D eigenvalue weighted by molar-refractivity contribution is -0.116. The van der Waals surface area contributed by atoms with E-state index in [2.05, 4.69) is 29.1 Å². The number of nitrogens with two attached hydrogens (primary N) is 1. The molecular weight excluding hydrogens is 242 g/mol. The first kappa shape index (κ1) is 15.2. The smallest absolute Gasteiger partial charge is 0.236 e. The van der Waals surface area contributed by atoms with Gasteiger partial charge in [-0.15, -0.1) is 0 Å². The van der Waals surface area contributed by atoms with Crippen LogP contribution in [0.25, 0.3) is 0 Å². The molecule has 1 aromatic rings. The van der Waals surface area contributed by atoms with E-state index in [0.717, 1.165) is 43.0 Å². The lowest BCUT2D eigenvalue weighted by Crippen LogP contribution is -2.32. The summed E-state index contributed by atoms with van der Waals surface area (Å²) in [6, 6.07) is 0. The lowest BCUT2D eigenvalue weighted by Gasteiger charge is -2.21. The number of hydrogen-bond donors (Lipinski definition) is 2. The number of nitrogens with zero attached hydrogens (tertiary/aromatic N) is 3. The van der Waals surface area contributed by atoms with Gasteiger partial charge in [0.25, 0.3) is 0 Å². The van der Waals surface area contributed by atoms with Crippen molar-refractivity contribution in [2.75, 3.05) is 30.4 Å². The topological polar surface area (TPSA) is 84.1 Å². The number of likely N-dealkylation sites (N-methyl/N-ethyl adjacent to an activating group) is 1. The number of hydrogen-bond acceptors (Lipinski definition) is 5. The molecule has 0 aliphatic rings. The van der Waals surface area contributed by atoms with Crippen molar-refractivity contribution >= 4 is 17.5 Å². The Morgan fingerprint density at radius 2 is 2.11 bits per heavy atom. The standard InChI is InChI=1S/C13H23N5O/c1-4-6-10-12(15-7-5-2)16-9-17-13(10)18(3)8-11(14)19/h9H,4-8H2,1-3H3,(H2,14,19)(H,15,16,17). The average molecular weight is 265 g/mol. The highest BCUT2D eigenvalue weighted by Crippen LogP contribution is 2.24. The van der Waals surface area contributed by atoms with Gasteiger partial charge in [0, 0.05) is 19.2 Å². The van der Waals surface area contributed by atoms with E-state index in [1.165, 1.54) is 6.33 Å². The minimum Gasteiger partial charge on any atom is -0.370 e. The largest absolute Gasteiger partial charge is 0.370 e. The highest BCUT2D eigenvalue weighted by atomic mass is 16.1. The number of primary amides is 1. The maximum Gasteiger partial charge on any atom is 0.236 e. The molecule has 0 aromatic carbocycles. The van der Waals surface area contributed by atoms with E-state index in [1.807, 2.05) is 7.05 Å². The number of anilines is 2. The SMILES string of the molecule is CCCNc1ncnc(N(C)CC(N)=O)c1CCC. The molecule has 19 heavy (non-hydrogen) atoms. The van der Waals surface area contributed by atoms with Crippen LogP contribution in [0, 0.1) is 0 Å². The first-order valence-electron chi connectivity index (χ1n) is 6.67. The molecular formula is C13H23N5O. The van der Waals surface area contributed by atoms with Crippen LogP contribution >= 0.6 is 0 Å². The monoisotopic (exact) mass is 265 g/mol. The molecule has 1 rings (SSSR count). The van der Waals surface area contributed by atoms with Crippen LogP contribution in [-0.4, -0.2) is 36.0 Å². The molecule has 0 aliphatic carbocycles. The molecule has 0 atom stereocenters. The molecule has 0 unspecified atom stereocenters. The van der Waals surface area contributed by atoms with E-state index >= 15 is 0 Å². The van der Waals surface area contributed by atoms with Crippen LogP contribution in [0.15, 0.2) is 6.33 Å². The van der Waals surface area contributed by atoms with Crippen LogP contribution in [0.4, 0.5) is 11.6 Å². The fourth-order valence-electron chi connectivity index (χ4n) is 1.92. The van der Waals surface area contributed by atoms with Crippen molar-refractivity contribution in [1.29, 1.82) is 0 Å². The minimum atomic E-state index is -0.369. The summed E-state index contributed by atoms with van der Waals surface area (Å²) in [4.78, 5) is 21.4. The third-order valence-corrected chi connectivity index (χ3v) is 2.72. The minimum absolute atomic E-state index is 0.154. The fraction of sp³-hybridized carbons (Fsp3) is 0.615. The summed E-state index contributed by atoms with van der Waals surface area (Å²) in [5.41, 5.74) is 6.28. The number of nitrogens with one attached hydrogen (secondary N) is 1. The molecule has 1 heterocycles. The van der Waals surface area contributed by atoms with Gasteiger partial charge >= 0.3 is 0 Å². The third-order valence-electron chi connectivity index (χ3n) is 2.72. The quantitative estimate of drug-likeness (QED) is 0.737. The Kier molecular flexibility index (Phi) is 6.05. The molecule has 6 heteroatoms. The van der Waals surface area contributed by atoms with Crippen LogP contribution in [0.1, 0.15) is 32.3 Å². The number of aromatic nitrogens is 2. The number of amides is 1. The predicted molar refractivity (Wildman–Crippen MR) is 77.3 cm³/mol. The van der Waals surface area contributed by atoms with E-state index in [0.29, 0.717) is 0 Å². The van der Waals surface area contributed by atoms with Gasteiger partial charge in [0.2, 0.25) is 5.91 Å². The molecule has 1 amide bonds. The molecule has 0 fully saturated rings. The Morgan fingerprint density at radius 1 is 1.37 bits per heavy atom. The van der Waals surface area contributed by atoms with Crippen LogP contribution in [-0.2, 0) is 11.2 Å². The van der Waals surface area contributed by atoms with Gasteiger partial charge in [-0.05, 0) is 12.8 Å². The first-order chi connectivity index (χ1) is 9.10. The second-order valence-corrected chi connectivity index (χ2v) is 4.52. The maximum absolute atomic E-state index is 11.0. The van der Waals surface area contributed by atoms with Crippen molar-refractivity contribution in [3.05, 3.63) is 11.9 Å². The molecule has 0 saturated heterocycles. The lowest BCUT2D eigenvalue weighted by atomic mass is 10.1. The Balaban J connectivity index is 3.04.